The fraction of sp³-hybridized carbons (Fsp3) is 1.00. The summed E-state index contributed by atoms with van der Waals surface area (Å²) in [6, 6.07) is 0. The Morgan fingerprint density at radius 3 is 1.26 bits per heavy atom. The van der Waals surface area contributed by atoms with E-state index in [1.807, 2.05) is 0 Å². The Morgan fingerprint density at radius 2 is 1.00 bits per heavy atom. The van der Waals surface area contributed by atoms with Crippen molar-refractivity contribution < 1.29 is 18.1 Å². The second kappa shape index (κ2) is 1.56. The standard InChI is InChI=1S/C22H35N3O.2C5H5.2Fe/c1-24(2)20-12-8-10-18(20)16-22(26,14-6-5-7-15-23)17-19-11-9-13-21(19)25(3)4;2*1-2-4-5-3-1;;/h8-13,26H,5-7,14-17,23H2,1-4H3;2*1-5H;;. The van der Waals surface area contributed by atoms with Crippen LogP contribution in [0.15, 0.2) is 0 Å². The summed E-state index contributed by atoms with van der Waals surface area (Å²) in [5, 5.41) is 13.6. The molecule has 0 aromatic heterocycles. The van der Waals surface area contributed by atoms with Crippen LogP contribution in [-0.2, 0) is 13.0 Å². The van der Waals surface area contributed by atoms with Gasteiger partial charge in [-0.15, -0.1) is 0 Å². The van der Waals surface area contributed by atoms with Crippen molar-refractivity contribution in [3.05, 3.63) is 0 Å². The fourth-order valence-corrected chi connectivity index (χ4v) is 194. The Bertz CT molecular complexity index is 2240. The molecule has 0 bridgehead atoms. The average Bonchev–Trinajstić information content (AvgIpc) is 3.73. The monoisotopic (exact) mass is 599 g/mol. The molecule has 20 aliphatic rings. The van der Waals surface area contributed by atoms with Gasteiger partial charge < -0.3 is 0 Å². The van der Waals surface area contributed by atoms with Gasteiger partial charge >= 0.3 is 207 Å². The van der Waals surface area contributed by atoms with Gasteiger partial charge in [-0.2, -0.15) is 0 Å². The second-order valence-electron chi connectivity index (χ2n) is 24.7. The summed E-state index contributed by atoms with van der Waals surface area (Å²) in [5.74, 6) is 0. The predicted molar refractivity (Wildman–Crippen MR) is 140 cm³/mol. The summed E-state index contributed by atoms with van der Waals surface area (Å²) in [6.07, 6.45) is 7.51. The summed E-state index contributed by atoms with van der Waals surface area (Å²) in [6.45, 7) is -6.24. The Kier molecular flexibility index (Phi) is 0.682. The molecule has 20 rings (SSSR count). The first kappa shape index (κ1) is 16.7. The molecule has 20 heterocycles. The zero-order valence-corrected chi connectivity index (χ0v) is 25.5. The van der Waals surface area contributed by atoms with Crippen molar-refractivity contribution in [2.75, 3.05) is 34.7 Å². The molecule has 4 nitrogen and oxygen atoms in total. The molecule has 10 unspecified atom stereocenters. The first-order chi connectivity index (χ1) is 17.7. The maximum atomic E-state index is 13.6. The molecule has 20 aliphatic heterocycles. The number of rotatable bonds is 11. The average molecular weight is 599 g/mol. The van der Waals surface area contributed by atoms with Crippen molar-refractivity contribution in [2.45, 2.75) is 139 Å². The van der Waals surface area contributed by atoms with Crippen molar-refractivity contribution in [1.29, 1.82) is 0 Å². The van der Waals surface area contributed by atoms with Crippen LogP contribution in [0.3, 0.4) is 0 Å². The van der Waals surface area contributed by atoms with Gasteiger partial charge in [0.25, 0.3) is 0 Å². The van der Waals surface area contributed by atoms with Gasteiger partial charge in [-0.05, 0) is 0 Å². The number of hydrogen-bond acceptors (Lipinski definition) is 4. The molecule has 20 saturated heterocycles. The van der Waals surface area contributed by atoms with E-state index in [0.29, 0.717) is 0 Å². The van der Waals surface area contributed by atoms with E-state index in [1.54, 1.807) is 0 Å². The van der Waals surface area contributed by atoms with Crippen molar-refractivity contribution in [3.8, 4) is 0 Å². The number of nitrogens with zero attached hydrogens (tertiary/aromatic N) is 2. The Morgan fingerprint density at radius 1 is 0.605 bits per heavy atom. The first-order valence-corrected chi connectivity index (χ1v) is 29.3. The third-order valence-electron chi connectivity index (χ3n) is 34.0. The van der Waals surface area contributed by atoms with Gasteiger partial charge in [0, 0.05) is 0 Å². The van der Waals surface area contributed by atoms with E-state index in [1.165, 1.54) is 103 Å². The van der Waals surface area contributed by atoms with E-state index in [4.69, 9.17) is 5.73 Å². The van der Waals surface area contributed by atoms with Crippen LogP contribution in [0, 0.1) is 0 Å². The fourth-order valence-electron chi connectivity index (χ4n) is 39.4. The molecule has 0 aromatic rings. The van der Waals surface area contributed by atoms with Crippen molar-refractivity contribution in [1.82, 2.24) is 9.80 Å². The summed E-state index contributed by atoms with van der Waals surface area (Å²) in [7, 11) is 10.2. The van der Waals surface area contributed by atoms with Gasteiger partial charge in [0.15, 0.2) is 0 Å². The maximum absolute atomic E-state index is 13.6. The molecule has 10 atom stereocenters. The minimum absolute atomic E-state index is 0.323. The molecular weight excluding hydrogens is 554 g/mol. The van der Waals surface area contributed by atoms with Gasteiger partial charge in [-0.1, -0.05) is 0 Å². The Hall–Kier alpha value is 0.879. The van der Waals surface area contributed by atoms with E-state index >= 15 is 0 Å². The van der Waals surface area contributed by atoms with Crippen molar-refractivity contribution in [2.24, 2.45) is 5.73 Å². The van der Waals surface area contributed by atoms with Crippen LogP contribution in [0.2, 0.25) is 85.7 Å². The molecule has 38 heavy (non-hydrogen) atoms. The second-order valence-corrected chi connectivity index (χ2v) is 71.3. The van der Waals surface area contributed by atoms with Crippen LogP contribution >= 0.6 is 0 Å². The summed E-state index contributed by atoms with van der Waals surface area (Å²) < 4.78 is 2.98. The van der Waals surface area contributed by atoms with Gasteiger partial charge in [-0.25, -0.2) is 0 Å². The SMILES string of the molecule is CN(C)[C]12[CH]3[CH]4[CH]5[C]1(CC(O)(CCCCCN)C[C]16[CH]7[CH]8[CH]9[C]1(N(C)C)[Fe]87961%10%11%12[CH]6[CH]1[CH]%10[CH]%11[CH]6%12)[Fe]45321678[CH]2[CH]1[CH]6[CH]7[CH]28. The number of fused-ring (bicyclic) bond motifs is 20. The van der Waals surface area contributed by atoms with E-state index in [2.05, 4.69) is 38.0 Å². The third kappa shape index (κ3) is 0.201. The Balaban J connectivity index is 0.856. The topological polar surface area (TPSA) is 52.7 Å². The number of hydrogen-bond donors (Lipinski definition) is 2. The van der Waals surface area contributed by atoms with Gasteiger partial charge in [-0.3, -0.25) is 0 Å². The van der Waals surface area contributed by atoms with Crippen LogP contribution < -0.4 is 5.73 Å². The zero-order chi connectivity index (χ0) is 24.5. The quantitative estimate of drug-likeness (QED) is 0.211. The van der Waals surface area contributed by atoms with E-state index in [9.17, 15) is 5.11 Å². The van der Waals surface area contributed by atoms with Crippen LogP contribution in [0.25, 0.3) is 0 Å². The van der Waals surface area contributed by atoms with Crippen LogP contribution in [0.4, 0.5) is 0 Å². The summed E-state index contributed by atoms with van der Waals surface area (Å²) in [5.41, 5.74) is 5.66. The van der Waals surface area contributed by atoms with Gasteiger partial charge in [0.05, 0.1) is 0 Å². The number of aliphatic hydroxyl groups is 1. The molecular formula is C32H45Fe2N3O. The summed E-state index contributed by atoms with van der Waals surface area (Å²) >= 11 is 0. The van der Waals surface area contributed by atoms with Crippen molar-refractivity contribution in [3.63, 3.8) is 0 Å². The molecule has 210 valence electrons. The molecule has 0 aliphatic carbocycles. The first-order valence-electron chi connectivity index (χ1n) is 16.9. The molecule has 0 aromatic carbocycles. The van der Waals surface area contributed by atoms with E-state index in [-0.39, 0.29) is 5.60 Å². The Labute approximate surface area is 206 Å². The molecule has 3 N–H and O–H groups in total. The van der Waals surface area contributed by atoms with Crippen LogP contribution in [0.5, 0.6) is 0 Å². The number of unbranched alkanes of at least 4 members (excludes halogenated alkanes) is 2. The van der Waals surface area contributed by atoms with E-state index < -0.39 is 13.0 Å². The molecule has 0 amide bonds. The van der Waals surface area contributed by atoms with Crippen molar-refractivity contribution >= 4 is 0 Å². The number of nitrogens with two attached hydrogens (primary N) is 1. The van der Waals surface area contributed by atoms with E-state index in [0.717, 1.165) is 36.9 Å². The van der Waals surface area contributed by atoms with Gasteiger partial charge in [0.1, 0.15) is 0 Å². The molecule has 0 radical (unpaired) electrons. The predicted octanol–water partition coefficient (Wildman–Crippen LogP) is 6.47. The minimum atomic E-state index is -3.54. The third-order valence-corrected chi connectivity index (χ3v) is 121. The van der Waals surface area contributed by atoms with Crippen LogP contribution in [-0.4, -0.2) is 64.1 Å². The molecule has 20 fully saturated rings. The summed E-state index contributed by atoms with van der Waals surface area (Å²) in [4.78, 5) is 27.0. The zero-order valence-electron chi connectivity index (χ0n) is 23.3. The molecule has 0 saturated carbocycles. The molecule has 6 heteroatoms. The van der Waals surface area contributed by atoms with Gasteiger partial charge in [0.2, 0.25) is 0 Å². The normalized spacial score (nSPS) is 114. The van der Waals surface area contributed by atoms with Crippen LogP contribution in [0.1, 0.15) is 38.5 Å². The molecule has 2 spiro atoms.